The molecule has 0 saturated heterocycles. The van der Waals surface area contributed by atoms with E-state index in [-0.39, 0.29) is 0 Å². The van der Waals surface area contributed by atoms with Gasteiger partial charge >= 0.3 is 0 Å². The van der Waals surface area contributed by atoms with E-state index in [0.29, 0.717) is 0 Å². The first kappa shape index (κ1) is 7.48. The topological polar surface area (TPSA) is 30.2 Å². The van der Waals surface area contributed by atoms with Crippen molar-refractivity contribution in [3.05, 3.63) is 26.9 Å². The standard InChI is InChI=1S/C6H3BrIN3/c7-5-6(8)11-2-1-9-3-4(11)10-5/h1-3H. The molecule has 0 spiro atoms. The van der Waals surface area contributed by atoms with Crippen LogP contribution in [0.15, 0.2) is 23.2 Å². The highest BCUT2D eigenvalue weighted by molar-refractivity contribution is 14.1. The Morgan fingerprint density at radius 1 is 1.55 bits per heavy atom. The highest BCUT2D eigenvalue weighted by Gasteiger charge is 2.04. The van der Waals surface area contributed by atoms with E-state index < -0.39 is 0 Å². The molecule has 0 aliphatic rings. The van der Waals surface area contributed by atoms with E-state index in [9.17, 15) is 0 Å². The lowest BCUT2D eigenvalue weighted by atomic mass is 10.7. The van der Waals surface area contributed by atoms with Crippen LogP contribution in [0.5, 0.6) is 0 Å². The number of fused-ring (bicyclic) bond motifs is 1. The highest BCUT2D eigenvalue weighted by Crippen LogP contribution is 2.18. The number of hydrogen-bond donors (Lipinski definition) is 0. The second-order valence-electron chi connectivity index (χ2n) is 2.00. The fourth-order valence-corrected chi connectivity index (χ4v) is 1.75. The maximum Gasteiger partial charge on any atom is 0.157 e. The summed E-state index contributed by atoms with van der Waals surface area (Å²) in [6, 6.07) is 0. The molecule has 3 nitrogen and oxygen atoms in total. The Morgan fingerprint density at radius 3 is 3.09 bits per heavy atom. The summed E-state index contributed by atoms with van der Waals surface area (Å²) >= 11 is 5.56. The number of rotatable bonds is 0. The minimum absolute atomic E-state index is 0.865. The number of hydrogen-bond acceptors (Lipinski definition) is 2. The molecule has 2 rings (SSSR count). The normalized spacial score (nSPS) is 10.7. The van der Waals surface area contributed by atoms with Crippen molar-refractivity contribution in [3.8, 4) is 0 Å². The van der Waals surface area contributed by atoms with E-state index in [1.807, 2.05) is 10.6 Å². The molecule has 0 bridgehead atoms. The van der Waals surface area contributed by atoms with Crippen molar-refractivity contribution < 1.29 is 0 Å². The Balaban J connectivity index is 2.92. The third-order valence-corrected chi connectivity index (χ3v) is 3.66. The number of imidazole rings is 1. The van der Waals surface area contributed by atoms with Crippen molar-refractivity contribution >= 4 is 44.2 Å². The summed E-state index contributed by atoms with van der Waals surface area (Å²) in [5.74, 6) is 0. The van der Waals surface area contributed by atoms with Crippen LogP contribution in [0, 0.1) is 3.70 Å². The molecule has 5 heteroatoms. The van der Waals surface area contributed by atoms with E-state index in [0.717, 1.165) is 14.0 Å². The molecule has 0 atom stereocenters. The predicted octanol–water partition coefficient (Wildman–Crippen LogP) is 2.10. The highest BCUT2D eigenvalue weighted by atomic mass is 127. The van der Waals surface area contributed by atoms with Crippen LogP contribution in [0.4, 0.5) is 0 Å². The van der Waals surface area contributed by atoms with E-state index >= 15 is 0 Å². The molecule has 0 radical (unpaired) electrons. The van der Waals surface area contributed by atoms with Gasteiger partial charge in [-0.3, -0.25) is 9.38 Å². The number of halogens is 2. The third-order valence-electron chi connectivity index (χ3n) is 1.33. The molecule has 2 aromatic heterocycles. The van der Waals surface area contributed by atoms with Crippen LogP contribution in [0.25, 0.3) is 5.65 Å². The first-order valence-corrected chi connectivity index (χ1v) is 4.79. The molecule has 0 aliphatic heterocycles. The van der Waals surface area contributed by atoms with Gasteiger partial charge in [-0.2, -0.15) is 0 Å². The van der Waals surface area contributed by atoms with Crippen LogP contribution in [0.3, 0.4) is 0 Å². The van der Waals surface area contributed by atoms with E-state index in [4.69, 9.17) is 0 Å². The molecular formula is C6H3BrIN3. The van der Waals surface area contributed by atoms with Crippen molar-refractivity contribution in [2.24, 2.45) is 0 Å². The summed E-state index contributed by atoms with van der Waals surface area (Å²) in [5.41, 5.74) is 0.865. The predicted molar refractivity (Wildman–Crippen MR) is 53.4 cm³/mol. The SMILES string of the molecule is Brc1nc2cnccn2c1I. The van der Waals surface area contributed by atoms with Gasteiger partial charge in [-0.1, -0.05) is 0 Å². The van der Waals surface area contributed by atoms with Crippen LogP contribution >= 0.6 is 38.5 Å². The zero-order valence-corrected chi connectivity index (χ0v) is 9.07. The molecule has 0 aromatic carbocycles. The molecule has 0 aliphatic carbocycles. The lowest BCUT2D eigenvalue weighted by molar-refractivity contribution is 1.10. The van der Waals surface area contributed by atoms with E-state index in [1.54, 1.807) is 12.4 Å². The van der Waals surface area contributed by atoms with Gasteiger partial charge in [0.05, 0.1) is 6.20 Å². The van der Waals surface area contributed by atoms with Gasteiger partial charge in [0.25, 0.3) is 0 Å². The van der Waals surface area contributed by atoms with Crippen LogP contribution < -0.4 is 0 Å². The molecule has 2 aromatic rings. The number of nitrogens with zero attached hydrogens (tertiary/aromatic N) is 3. The molecule has 0 fully saturated rings. The number of aromatic nitrogens is 3. The molecule has 56 valence electrons. The minimum Gasteiger partial charge on any atom is -0.291 e. The maximum absolute atomic E-state index is 4.22. The largest absolute Gasteiger partial charge is 0.291 e. The van der Waals surface area contributed by atoms with Gasteiger partial charge in [0, 0.05) is 12.4 Å². The summed E-state index contributed by atoms with van der Waals surface area (Å²) in [4.78, 5) is 8.18. The van der Waals surface area contributed by atoms with Crippen molar-refractivity contribution in [1.82, 2.24) is 14.4 Å². The van der Waals surface area contributed by atoms with Crippen molar-refractivity contribution in [1.29, 1.82) is 0 Å². The molecule has 0 N–H and O–H groups in total. The summed E-state index contributed by atoms with van der Waals surface area (Å²) in [7, 11) is 0. The Morgan fingerprint density at radius 2 is 2.36 bits per heavy atom. The van der Waals surface area contributed by atoms with Crippen molar-refractivity contribution in [2.45, 2.75) is 0 Å². The molecule has 2 heterocycles. The molecular weight excluding hydrogens is 321 g/mol. The Bertz CT molecular complexity index is 398. The lowest BCUT2D eigenvalue weighted by Gasteiger charge is -1.90. The van der Waals surface area contributed by atoms with Crippen LogP contribution in [0.1, 0.15) is 0 Å². The Kier molecular flexibility index (Phi) is 1.84. The Hall–Kier alpha value is -0.170. The third kappa shape index (κ3) is 1.16. The van der Waals surface area contributed by atoms with Crippen molar-refractivity contribution in [3.63, 3.8) is 0 Å². The quantitative estimate of drug-likeness (QED) is 0.695. The lowest BCUT2D eigenvalue weighted by Crippen LogP contribution is -1.85. The molecule has 11 heavy (non-hydrogen) atoms. The average Bonchev–Trinajstić information content (AvgIpc) is 2.30. The second-order valence-corrected chi connectivity index (χ2v) is 3.77. The first-order valence-electron chi connectivity index (χ1n) is 2.92. The summed E-state index contributed by atoms with van der Waals surface area (Å²) < 4.78 is 3.91. The monoisotopic (exact) mass is 323 g/mol. The summed E-state index contributed by atoms with van der Waals surface area (Å²) in [6.45, 7) is 0. The Labute approximate surface area is 85.1 Å². The van der Waals surface area contributed by atoms with Gasteiger partial charge in [-0.15, -0.1) is 0 Å². The van der Waals surface area contributed by atoms with Gasteiger partial charge in [0.1, 0.15) is 8.30 Å². The summed E-state index contributed by atoms with van der Waals surface area (Å²) in [6.07, 6.45) is 5.35. The average molecular weight is 324 g/mol. The zero-order chi connectivity index (χ0) is 7.84. The van der Waals surface area contributed by atoms with Gasteiger partial charge in [0.2, 0.25) is 0 Å². The molecule has 0 saturated carbocycles. The van der Waals surface area contributed by atoms with E-state index in [2.05, 4.69) is 48.5 Å². The first-order chi connectivity index (χ1) is 5.29. The van der Waals surface area contributed by atoms with Gasteiger partial charge in [0.15, 0.2) is 5.65 Å². The van der Waals surface area contributed by atoms with Crippen LogP contribution in [-0.2, 0) is 0 Å². The fraction of sp³-hybridized carbons (Fsp3) is 0. The van der Waals surface area contributed by atoms with E-state index in [1.165, 1.54) is 0 Å². The smallest absolute Gasteiger partial charge is 0.157 e. The van der Waals surface area contributed by atoms with Gasteiger partial charge in [-0.05, 0) is 38.5 Å². The second kappa shape index (κ2) is 2.71. The fourth-order valence-electron chi connectivity index (χ4n) is 0.848. The minimum atomic E-state index is 0.865. The molecule has 0 unspecified atom stereocenters. The molecule has 0 amide bonds. The van der Waals surface area contributed by atoms with Crippen LogP contribution in [-0.4, -0.2) is 14.4 Å². The maximum atomic E-state index is 4.22. The van der Waals surface area contributed by atoms with Crippen LogP contribution in [0.2, 0.25) is 0 Å². The van der Waals surface area contributed by atoms with Gasteiger partial charge < -0.3 is 0 Å². The zero-order valence-electron chi connectivity index (χ0n) is 5.33. The summed E-state index contributed by atoms with van der Waals surface area (Å²) in [5, 5.41) is 0. The van der Waals surface area contributed by atoms with Gasteiger partial charge in [-0.25, -0.2) is 4.98 Å². The van der Waals surface area contributed by atoms with Crippen molar-refractivity contribution in [2.75, 3.05) is 0 Å².